The summed E-state index contributed by atoms with van der Waals surface area (Å²) in [5.41, 5.74) is 7.38. The van der Waals surface area contributed by atoms with Crippen LogP contribution >= 0.6 is 0 Å². The molecule has 3 rings (SSSR count). The zero-order valence-electron chi connectivity index (χ0n) is 12.2. The van der Waals surface area contributed by atoms with Crippen LogP contribution in [0.25, 0.3) is 11.4 Å². The van der Waals surface area contributed by atoms with Gasteiger partial charge in [-0.1, -0.05) is 30.5 Å². The molecule has 0 saturated heterocycles. The van der Waals surface area contributed by atoms with Crippen molar-refractivity contribution >= 4 is 0 Å². The van der Waals surface area contributed by atoms with Gasteiger partial charge in [-0.15, -0.1) is 0 Å². The van der Waals surface area contributed by atoms with Crippen LogP contribution in [0.1, 0.15) is 43.6 Å². The van der Waals surface area contributed by atoms with Crippen molar-refractivity contribution in [3.63, 3.8) is 0 Å². The van der Waals surface area contributed by atoms with Gasteiger partial charge in [0.1, 0.15) is 5.82 Å². The third-order valence-corrected chi connectivity index (χ3v) is 4.52. The molecule has 0 radical (unpaired) electrons. The van der Waals surface area contributed by atoms with Crippen LogP contribution in [0, 0.1) is 12.7 Å². The topological polar surface area (TPSA) is 64.9 Å². The van der Waals surface area contributed by atoms with Gasteiger partial charge in [-0.05, 0) is 37.5 Å². The maximum Gasteiger partial charge on any atom is 0.234 e. The SMILES string of the molecule is Cc1ccc(F)cc1-c1noc(C2(CN)CCCCC2)n1. The fourth-order valence-corrected chi connectivity index (χ4v) is 3.12. The number of halogens is 1. The van der Waals surface area contributed by atoms with Crippen LogP contribution in [0.15, 0.2) is 22.7 Å². The van der Waals surface area contributed by atoms with Gasteiger partial charge < -0.3 is 10.3 Å². The molecule has 1 saturated carbocycles. The molecule has 1 heterocycles. The maximum absolute atomic E-state index is 13.4. The molecule has 0 amide bonds. The highest BCUT2D eigenvalue weighted by Crippen LogP contribution is 2.38. The predicted molar refractivity (Wildman–Crippen MR) is 78.2 cm³/mol. The minimum atomic E-state index is -0.298. The predicted octanol–water partition coefficient (Wildman–Crippen LogP) is 3.34. The Bertz CT molecular complexity index is 632. The number of aromatic nitrogens is 2. The highest BCUT2D eigenvalue weighted by Gasteiger charge is 2.38. The van der Waals surface area contributed by atoms with E-state index in [1.807, 2.05) is 6.92 Å². The number of rotatable bonds is 3. The first-order chi connectivity index (χ1) is 10.1. The fourth-order valence-electron chi connectivity index (χ4n) is 3.12. The Morgan fingerprint density at radius 1 is 1.29 bits per heavy atom. The van der Waals surface area contributed by atoms with Crippen molar-refractivity contribution < 1.29 is 8.91 Å². The van der Waals surface area contributed by atoms with Crippen LogP contribution in [0.5, 0.6) is 0 Å². The smallest absolute Gasteiger partial charge is 0.234 e. The summed E-state index contributed by atoms with van der Waals surface area (Å²) in [6.07, 6.45) is 5.45. The van der Waals surface area contributed by atoms with Crippen LogP contribution in [-0.2, 0) is 5.41 Å². The van der Waals surface area contributed by atoms with Gasteiger partial charge in [0.15, 0.2) is 0 Å². The summed E-state index contributed by atoms with van der Waals surface area (Å²) in [6, 6.07) is 4.60. The van der Waals surface area contributed by atoms with E-state index in [2.05, 4.69) is 10.1 Å². The molecule has 21 heavy (non-hydrogen) atoms. The summed E-state index contributed by atoms with van der Waals surface area (Å²) < 4.78 is 18.9. The molecule has 0 aliphatic heterocycles. The first-order valence-electron chi connectivity index (χ1n) is 7.45. The first-order valence-corrected chi connectivity index (χ1v) is 7.45. The van der Waals surface area contributed by atoms with Gasteiger partial charge in [0.2, 0.25) is 11.7 Å². The summed E-state index contributed by atoms with van der Waals surface area (Å²) in [5, 5.41) is 4.05. The summed E-state index contributed by atoms with van der Waals surface area (Å²) in [4.78, 5) is 4.52. The molecule has 112 valence electrons. The van der Waals surface area contributed by atoms with Crippen molar-refractivity contribution in [1.82, 2.24) is 10.1 Å². The van der Waals surface area contributed by atoms with E-state index >= 15 is 0 Å². The molecule has 0 bridgehead atoms. The van der Waals surface area contributed by atoms with Crippen LogP contribution in [0.2, 0.25) is 0 Å². The molecule has 2 N–H and O–H groups in total. The highest BCUT2D eigenvalue weighted by atomic mass is 19.1. The Hall–Kier alpha value is -1.75. The highest BCUT2D eigenvalue weighted by molar-refractivity contribution is 5.59. The molecule has 1 aliphatic carbocycles. The minimum absolute atomic E-state index is 0.204. The Morgan fingerprint density at radius 2 is 2.05 bits per heavy atom. The van der Waals surface area contributed by atoms with Crippen LogP contribution in [0.3, 0.4) is 0 Å². The summed E-state index contributed by atoms with van der Waals surface area (Å²) >= 11 is 0. The van der Waals surface area contributed by atoms with Gasteiger partial charge in [0.25, 0.3) is 0 Å². The van der Waals surface area contributed by atoms with Gasteiger partial charge in [0, 0.05) is 12.1 Å². The Balaban J connectivity index is 1.97. The number of hydrogen-bond donors (Lipinski definition) is 1. The number of nitrogens with zero attached hydrogens (tertiary/aromatic N) is 2. The lowest BCUT2D eigenvalue weighted by Crippen LogP contribution is -2.37. The van der Waals surface area contributed by atoms with Crippen molar-refractivity contribution in [2.45, 2.75) is 44.4 Å². The van der Waals surface area contributed by atoms with Crippen LogP contribution in [0.4, 0.5) is 4.39 Å². The molecule has 1 aromatic heterocycles. The third-order valence-electron chi connectivity index (χ3n) is 4.52. The van der Waals surface area contributed by atoms with E-state index in [9.17, 15) is 4.39 Å². The van der Waals surface area contributed by atoms with Crippen molar-refractivity contribution in [1.29, 1.82) is 0 Å². The van der Waals surface area contributed by atoms with Crippen molar-refractivity contribution in [2.24, 2.45) is 5.73 Å². The van der Waals surface area contributed by atoms with Gasteiger partial charge in [-0.3, -0.25) is 0 Å². The van der Waals surface area contributed by atoms with Crippen molar-refractivity contribution in [3.8, 4) is 11.4 Å². The molecule has 1 aliphatic rings. The third kappa shape index (κ3) is 2.58. The lowest BCUT2D eigenvalue weighted by atomic mass is 9.74. The lowest BCUT2D eigenvalue weighted by Gasteiger charge is -2.32. The zero-order chi connectivity index (χ0) is 14.9. The van der Waals surface area contributed by atoms with E-state index < -0.39 is 0 Å². The van der Waals surface area contributed by atoms with Crippen molar-refractivity contribution in [3.05, 3.63) is 35.5 Å². The minimum Gasteiger partial charge on any atom is -0.338 e. The normalized spacial score (nSPS) is 17.9. The summed E-state index contributed by atoms with van der Waals surface area (Å²) in [5.74, 6) is 0.747. The van der Waals surface area contributed by atoms with Crippen LogP contribution < -0.4 is 5.73 Å². The molecule has 1 aromatic carbocycles. The van der Waals surface area contributed by atoms with E-state index in [0.717, 1.165) is 31.2 Å². The van der Waals surface area contributed by atoms with Gasteiger partial charge in [0.05, 0.1) is 5.41 Å². The molecule has 4 nitrogen and oxygen atoms in total. The second-order valence-electron chi connectivity index (χ2n) is 5.93. The second-order valence-corrected chi connectivity index (χ2v) is 5.93. The molecule has 0 atom stereocenters. The number of hydrogen-bond acceptors (Lipinski definition) is 4. The quantitative estimate of drug-likeness (QED) is 0.941. The van der Waals surface area contributed by atoms with E-state index in [4.69, 9.17) is 10.3 Å². The van der Waals surface area contributed by atoms with E-state index in [-0.39, 0.29) is 11.2 Å². The molecular weight excluding hydrogens is 269 g/mol. The summed E-state index contributed by atoms with van der Waals surface area (Å²) in [7, 11) is 0. The molecular formula is C16H20FN3O. The van der Waals surface area contributed by atoms with Gasteiger partial charge in [-0.25, -0.2) is 4.39 Å². The Kier molecular flexibility index (Phi) is 3.76. The van der Waals surface area contributed by atoms with Gasteiger partial charge in [-0.2, -0.15) is 4.98 Å². The van der Waals surface area contributed by atoms with E-state index in [1.165, 1.54) is 18.6 Å². The number of aryl methyl sites for hydroxylation is 1. The van der Waals surface area contributed by atoms with E-state index in [1.54, 1.807) is 6.07 Å². The average Bonchev–Trinajstić information content (AvgIpc) is 3.00. The molecule has 0 spiro atoms. The van der Waals surface area contributed by atoms with E-state index in [0.29, 0.717) is 23.8 Å². The molecule has 5 heteroatoms. The lowest BCUT2D eigenvalue weighted by molar-refractivity contribution is 0.220. The summed E-state index contributed by atoms with van der Waals surface area (Å²) in [6.45, 7) is 2.42. The maximum atomic E-state index is 13.4. The van der Waals surface area contributed by atoms with Crippen molar-refractivity contribution in [2.75, 3.05) is 6.54 Å². The van der Waals surface area contributed by atoms with Crippen LogP contribution in [-0.4, -0.2) is 16.7 Å². The molecule has 2 aromatic rings. The Morgan fingerprint density at radius 3 is 2.76 bits per heavy atom. The zero-order valence-corrected chi connectivity index (χ0v) is 12.2. The monoisotopic (exact) mass is 289 g/mol. The average molecular weight is 289 g/mol. The number of nitrogens with two attached hydrogens (primary N) is 1. The van der Waals surface area contributed by atoms with Gasteiger partial charge >= 0.3 is 0 Å². The Labute approximate surface area is 123 Å². The standard InChI is InChI=1S/C16H20FN3O/c1-11-5-6-12(17)9-13(11)14-19-15(21-20-14)16(10-18)7-3-2-4-8-16/h5-6,9H,2-4,7-8,10,18H2,1H3. The molecule has 1 fully saturated rings. The second kappa shape index (κ2) is 5.56. The first kappa shape index (κ1) is 14.2. The number of benzene rings is 1. The fraction of sp³-hybridized carbons (Fsp3) is 0.500. The largest absolute Gasteiger partial charge is 0.338 e. The molecule has 0 unspecified atom stereocenters.